The number of halogens is 2. The van der Waals surface area contributed by atoms with E-state index < -0.39 is 5.54 Å². The maximum Gasteiger partial charge on any atom is 0.246 e. The Labute approximate surface area is 199 Å². The van der Waals surface area contributed by atoms with Gasteiger partial charge in [-0.3, -0.25) is 0 Å². The maximum absolute atomic E-state index is 14.6. The third-order valence-corrected chi connectivity index (χ3v) is 6.93. The summed E-state index contributed by atoms with van der Waals surface area (Å²) in [4.78, 5) is 6.78. The molecule has 1 atom stereocenters. The van der Waals surface area contributed by atoms with Crippen molar-refractivity contribution >= 4 is 17.5 Å². The lowest BCUT2D eigenvalue weighted by Gasteiger charge is -2.41. The van der Waals surface area contributed by atoms with E-state index in [1.807, 2.05) is 36.9 Å². The highest BCUT2D eigenvalue weighted by Gasteiger charge is 2.48. The molecule has 1 aromatic heterocycles. The zero-order valence-corrected chi connectivity index (χ0v) is 20.4. The van der Waals surface area contributed by atoms with Crippen molar-refractivity contribution in [1.82, 2.24) is 14.8 Å². The molecule has 0 N–H and O–H groups in total. The number of aryl methyl sites for hydroxylation is 3. The molecule has 7 heteroatoms. The lowest BCUT2D eigenvalue weighted by atomic mass is 9.84. The molecular formula is C26H28ClFN4O. The molecular weight excluding hydrogens is 439 g/mol. The third kappa shape index (κ3) is 4.06. The van der Waals surface area contributed by atoms with Crippen molar-refractivity contribution in [2.24, 2.45) is 5.92 Å². The summed E-state index contributed by atoms with van der Waals surface area (Å²) in [6.45, 7) is 7.99. The zero-order chi connectivity index (χ0) is 23.9. The van der Waals surface area contributed by atoms with Gasteiger partial charge >= 0.3 is 0 Å². The van der Waals surface area contributed by atoms with Crippen LogP contribution in [-0.2, 0) is 5.54 Å². The summed E-state index contributed by atoms with van der Waals surface area (Å²) in [5, 5.41) is 5.32. The fourth-order valence-corrected chi connectivity index (χ4v) is 4.68. The van der Waals surface area contributed by atoms with Gasteiger partial charge in [0.1, 0.15) is 17.4 Å². The van der Waals surface area contributed by atoms with Gasteiger partial charge in [-0.2, -0.15) is 4.98 Å². The first-order chi connectivity index (χ1) is 15.7. The number of methoxy groups -OCH3 is 1. The van der Waals surface area contributed by atoms with Crippen molar-refractivity contribution in [2.75, 3.05) is 18.6 Å². The number of nitrogens with zero attached hydrogens (tertiary/aromatic N) is 4. The zero-order valence-electron chi connectivity index (χ0n) is 19.6. The molecule has 5 nitrogen and oxygen atoms in total. The first-order valence-corrected chi connectivity index (χ1v) is 11.3. The van der Waals surface area contributed by atoms with E-state index in [0.717, 1.165) is 24.0 Å². The highest BCUT2D eigenvalue weighted by molar-refractivity contribution is 6.32. The van der Waals surface area contributed by atoms with E-state index in [0.29, 0.717) is 46.3 Å². The lowest BCUT2D eigenvalue weighted by Crippen LogP contribution is -2.47. The Hall–Kier alpha value is -3.04. The average molecular weight is 467 g/mol. The quantitative estimate of drug-likeness (QED) is 0.415. The molecule has 0 bridgehead atoms. The third-order valence-electron chi connectivity index (χ3n) is 6.63. The van der Waals surface area contributed by atoms with Crippen LogP contribution in [0.15, 0.2) is 30.3 Å². The van der Waals surface area contributed by atoms with Gasteiger partial charge in [0.15, 0.2) is 0 Å². The minimum atomic E-state index is -0.543. The summed E-state index contributed by atoms with van der Waals surface area (Å²) in [6, 6.07) is 9.11. The Balaban J connectivity index is 1.83. The van der Waals surface area contributed by atoms with Crippen LogP contribution >= 0.6 is 11.6 Å². The van der Waals surface area contributed by atoms with E-state index in [1.54, 1.807) is 30.8 Å². The van der Waals surface area contributed by atoms with Gasteiger partial charge in [-0.1, -0.05) is 29.7 Å². The fraction of sp³-hybridized carbons (Fsp3) is 0.385. The minimum Gasteiger partial charge on any atom is -0.496 e. The molecule has 33 heavy (non-hydrogen) atoms. The molecule has 1 saturated carbocycles. The van der Waals surface area contributed by atoms with Crippen LogP contribution in [0.5, 0.6) is 5.75 Å². The van der Waals surface area contributed by atoms with E-state index in [2.05, 4.69) is 12.8 Å². The SMILES string of the molecule is C#CCN(c1nc(C)n(-c2cc(C)c(OC)cc2Cl)n1)[C@](C)(c1ccc(C)c(F)c1)C1CC1. The number of rotatable bonds is 7. The number of aromatic nitrogens is 3. The number of terminal acetylenes is 1. The largest absolute Gasteiger partial charge is 0.496 e. The van der Waals surface area contributed by atoms with Crippen LogP contribution in [0, 0.1) is 44.9 Å². The molecule has 0 unspecified atom stereocenters. The van der Waals surface area contributed by atoms with E-state index in [1.165, 1.54) is 0 Å². The molecule has 0 amide bonds. The Kier molecular flexibility index (Phi) is 6.11. The standard InChI is InChI=1S/C26H28ClFN4O/c1-7-12-31(26(5,19-10-11-19)20-9-8-16(2)22(28)14-20)25-29-18(4)32(30-25)23-13-17(3)24(33-6)15-21(23)27/h1,8-9,13-15,19H,10-12H2,2-6H3/t26-/m0/s1. The van der Waals surface area contributed by atoms with Crippen molar-refractivity contribution in [1.29, 1.82) is 0 Å². The van der Waals surface area contributed by atoms with Gasteiger partial charge in [-0.05, 0) is 75.3 Å². The second-order valence-electron chi connectivity index (χ2n) is 8.82. The van der Waals surface area contributed by atoms with Crippen LogP contribution in [0.25, 0.3) is 5.69 Å². The summed E-state index contributed by atoms with van der Waals surface area (Å²) in [5.41, 5.74) is 2.59. The highest BCUT2D eigenvalue weighted by atomic mass is 35.5. The molecule has 1 aliphatic carbocycles. The predicted molar refractivity (Wildman–Crippen MR) is 130 cm³/mol. The van der Waals surface area contributed by atoms with Crippen molar-refractivity contribution in [3.8, 4) is 23.8 Å². The Morgan fingerprint density at radius 1 is 1.24 bits per heavy atom. The van der Waals surface area contributed by atoms with Crippen LogP contribution in [0.4, 0.5) is 10.3 Å². The van der Waals surface area contributed by atoms with Crippen molar-refractivity contribution in [3.63, 3.8) is 0 Å². The molecule has 1 aliphatic rings. The van der Waals surface area contributed by atoms with Gasteiger partial charge in [0.05, 0.1) is 29.9 Å². The van der Waals surface area contributed by atoms with Gasteiger partial charge < -0.3 is 9.64 Å². The molecule has 3 aromatic rings. The van der Waals surface area contributed by atoms with Gasteiger partial charge in [0, 0.05) is 6.07 Å². The first-order valence-electron chi connectivity index (χ1n) is 11.0. The molecule has 1 heterocycles. The Morgan fingerprint density at radius 3 is 2.58 bits per heavy atom. The molecule has 0 radical (unpaired) electrons. The molecule has 2 aromatic carbocycles. The van der Waals surface area contributed by atoms with Crippen molar-refractivity contribution in [2.45, 2.75) is 46.1 Å². The second-order valence-corrected chi connectivity index (χ2v) is 9.23. The van der Waals surface area contributed by atoms with Gasteiger partial charge in [-0.15, -0.1) is 11.5 Å². The predicted octanol–water partition coefficient (Wildman–Crippen LogP) is 5.76. The first kappa shape index (κ1) is 23.1. The van der Waals surface area contributed by atoms with E-state index in [-0.39, 0.29) is 5.82 Å². The molecule has 172 valence electrons. The molecule has 0 spiro atoms. The second kappa shape index (κ2) is 8.72. The maximum atomic E-state index is 14.6. The summed E-state index contributed by atoms with van der Waals surface area (Å²) in [7, 11) is 1.61. The Bertz CT molecular complexity index is 1240. The summed E-state index contributed by atoms with van der Waals surface area (Å²) in [6.07, 6.45) is 7.86. The van der Waals surface area contributed by atoms with E-state index in [4.69, 9.17) is 32.8 Å². The fourth-order valence-electron chi connectivity index (χ4n) is 4.45. The van der Waals surface area contributed by atoms with E-state index in [9.17, 15) is 4.39 Å². The topological polar surface area (TPSA) is 43.2 Å². The molecule has 0 aliphatic heterocycles. The molecule has 4 rings (SSSR count). The highest BCUT2D eigenvalue weighted by Crippen LogP contribution is 2.50. The summed E-state index contributed by atoms with van der Waals surface area (Å²) < 4.78 is 21.7. The monoisotopic (exact) mass is 466 g/mol. The summed E-state index contributed by atoms with van der Waals surface area (Å²) in [5.74, 6) is 4.72. The summed E-state index contributed by atoms with van der Waals surface area (Å²) >= 11 is 6.56. The number of anilines is 1. The molecule has 1 fully saturated rings. The smallest absolute Gasteiger partial charge is 0.246 e. The van der Waals surface area contributed by atoms with Crippen LogP contribution in [-0.4, -0.2) is 28.4 Å². The van der Waals surface area contributed by atoms with E-state index >= 15 is 0 Å². The Morgan fingerprint density at radius 2 is 1.97 bits per heavy atom. The van der Waals surface area contributed by atoms with Crippen molar-refractivity contribution < 1.29 is 9.13 Å². The van der Waals surface area contributed by atoms with Gasteiger partial charge in [0.2, 0.25) is 5.95 Å². The van der Waals surface area contributed by atoms with Crippen molar-refractivity contribution in [3.05, 3.63) is 63.7 Å². The number of benzene rings is 2. The minimum absolute atomic E-state index is 0.227. The molecule has 0 saturated heterocycles. The number of hydrogen-bond acceptors (Lipinski definition) is 4. The van der Waals surface area contributed by atoms with Crippen LogP contribution in [0.2, 0.25) is 5.02 Å². The van der Waals surface area contributed by atoms with Crippen LogP contribution in [0.1, 0.15) is 42.3 Å². The van der Waals surface area contributed by atoms with Crippen LogP contribution in [0.3, 0.4) is 0 Å². The lowest BCUT2D eigenvalue weighted by molar-refractivity contribution is 0.385. The number of hydrogen-bond donors (Lipinski definition) is 0. The van der Waals surface area contributed by atoms with Gasteiger partial charge in [0.25, 0.3) is 0 Å². The number of ether oxygens (including phenoxy) is 1. The van der Waals surface area contributed by atoms with Crippen LogP contribution < -0.4 is 9.64 Å². The normalized spacial score (nSPS) is 15.1. The van der Waals surface area contributed by atoms with Gasteiger partial charge in [-0.25, -0.2) is 9.07 Å². The average Bonchev–Trinajstić information content (AvgIpc) is 3.58.